The zero-order valence-electron chi connectivity index (χ0n) is 7.53. The standard InChI is InChI=1S/C8H14O4/c1-4-6(9)5(2)7(10)8(11)12-3/h5,7,10H,4H2,1-3H3. The lowest BCUT2D eigenvalue weighted by molar-refractivity contribution is -0.155. The molecule has 0 spiro atoms. The van der Waals surface area contributed by atoms with Gasteiger partial charge in [-0.05, 0) is 0 Å². The molecule has 70 valence electrons. The molecule has 0 aromatic heterocycles. The minimum Gasteiger partial charge on any atom is -0.467 e. The molecule has 2 unspecified atom stereocenters. The number of methoxy groups -OCH3 is 1. The third-order valence-electron chi connectivity index (χ3n) is 1.77. The van der Waals surface area contributed by atoms with E-state index in [1.807, 2.05) is 0 Å². The maximum Gasteiger partial charge on any atom is 0.335 e. The number of hydrogen-bond donors (Lipinski definition) is 1. The molecular weight excluding hydrogens is 160 g/mol. The average Bonchev–Trinajstić information content (AvgIpc) is 2.12. The number of ether oxygens (including phenoxy) is 1. The first-order valence-corrected chi connectivity index (χ1v) is 3.83. The number of ketones is 1. The van der Waals surface area contributed by atoms with Crippen molar-refractivity contribution >= 4 is 11.8 Å². The minimum atomic E-state index is -1.33. The van der Waals surface area contributed by atoms with Crippen molar-refractivity contribution in [2.45, 2.75) is 26.4 Å². The molecule has 0 heterocycles. The van der Waals surface area contributed by atoms with Crippen LogP contribution < -0.4 is 0 Å². The predicted octanol–water partition coefficient (Wildman–Crippen LogP) is 0.136. The van der Waals surface area contributed by atoms with E-state index in [9.17, 15) is 14.7 Å². The van der Waals surface area contributed by atoms with Gasteiger partial charge in [-0.1, -0.05) is 13.8 Å². The summed E-state index contributed by atoms with van der Waals surface area (Å²) in [6.07, 6.45) is -1.02. The quantitative estimate of drug-likeness (QED) is 0.615. The van der Waals surface area contributed by atoms with Crippen LogP contribution in [-0.4, -0.2) is 30.1 Å². The smallest absolute Gasteiger partial charge is 0.335 e. The van der Waals surface area contributed by atoms with Crippen LogP contribution in [0.2, 0.25) is 0 Å². The Morgan fingerprint density at radius 3 is 2.33 bits per heavy atom. The van der Waals surface area contributed by atoms with E-state index in [0.29, 0.717) is 6.42 Å². The molecule has 2 atom stereocenters. The van der Waals surface area contributed by atoms with Crippen molar-refractivity contribution in [2.24, 2.45) is 5.92 Å². The molecule has 4 nitrogen and oxygen atoms in total. The van der Waals surface area contributed by atoms with Crippen molar-refractivity contribution < 1.29 is 19.4 Å². The molecular formula is C8H14O4. The SMILES string of the molecule is CCC(=O)C(C)C(O)C(=O)OC. The molecule has 0 aromatic carbocycles. The van der Waals surface area contributed by atoms with Crippen LogP contribution >= 0.6 is 0 Å². The van der Waals surface area contributed by atoms with Crippen LogP contribution in [-0.2, 0) is 14.3 Å². The van der Waals surface area contributed by atoms with Crippen LogP contribution in [0, 0.1) is 5.92 Å². The van der Waals surface area contributed by atoms with Crippen LogP contribution in [0.1, 0.15) is 20.3 Å². The second-order valence-electron chi connectivity index (χ2n) is 2.58. The zero-order valence-corrected chi connectivity index (χ0v) is 7.53. The number of aliphatic hydroxyl groups excluding tert-OH is 1. The van der Waals surface area contributed by atoms with Gasteiger partial charge in [0.05, 0.1) is 13.0 Å². The Bertz CT molecular complexity index is 156. The van der Waals surface area contributed by atoms with Gasteiger partial charge in [-0.25, -0.2) is 4.79 Å². The van der Waals surface area contributed by atoms with Gasteiger partial charge in [-0.15, -0.1) is 0 Å². The summed E-state index contributed by atoms with van der Waals surface area (Å²) in [5.74, 6) is -1.58. The second kappa shape index (κ2) is 4.87. The largest absolute Gasteiger partial charge is 0.467 e. The first kappa shape index (κ1) is 11.1. The van der Waals surface area contributed by atoms with Crippen LogP contribution in [0.5, 0.6) is 0 Å². The van der Waals surface area contributed by atoms with E-state index in [-0.39, 0.29) is 5.78 Å². The van der Waals surface area contributed by atoms with E-state index in [1.54, 1.807) is 6.92 Å². The molecule has 0 aromatic rings. The van der Waals surface area contributed by atoms with E-state index in [4.69, 9.17) is 0 Å². The molecule has 12 heavy (non-hydrogen) atoms. The number of hydrogen-bond acceptors (Lipinski definition) is 4. The van der Waals surface area contributed by atoms with E-state index >= 15 is 0 Å². The van der Waals surface area contributed by atoms with Crippen molar-refractivity contribution in [1.82, 2.24) is 0 Å². The van der Waals surface area contributed by atoms with Crippen LogP contribution in [0.3, 0.4) is 0 Å². The fraction of sp³-hybridized carbons (Fsp3) is 0.750. The maximum absolute atomic E-state index is 11.0. The second-order valence-corrected chi connectivity index (χ2v) is 2.58. The molecule has 0 radical (unpaired) electrons. The molecule has 4 heteroatoms. The predicted molar refractivity (Wildman–Crippen MR) is 42.5 cm³/mol. The maximum atomic E-state index is 11.0. The lowest BCUT2D eigenvalue weighted by Gasteiger charge is -2.14. The lowest BCUT2D eigenvalue weighted by Crippen LogP contribution is -2.33. The van der Waals surface area contributed by atoms with Gasteiger partial charge >= 0.3 is 5.97 Å². The summed E-state index contributed by atoms with van der Waals surface area (Å²) in [6, 6.07) is 0. The topological polar surface area (TPSA) is 63.6 Å². The first-order valence-electron chi connectivity index (χ1n) is 3.83. The Morgan fingerprint density at radius 2 is 2.00 bits per heavy atom. The van der Waals surface area contributed by atoms with Crippen LogP contribution in [0.15, 0.2) is 0 Å². The molecule has 0 aliphatic rings. The molecule has 0 saturated heterocycles. The number of aliphatic hydroxyl groups is 1. The van der Waals surface area contributed by atoms with Gasteiger partial charge in [0.15, 0.2) is 6.10 Å². The number of carbonyl (C=O) groups excluding carboxylic acids is 2. The highest BCUT2D eigenvalue weighted by Crippen LogP contribution is 2.07. The summed E-state index contributed by atoms with van der Waals surface area (Å²) in [5, 5.41) is 9.19. The average molecular weight is 174 g/mol. The molecule has 0 aliphatic heterocycles. The fourth-order valence-electron chi connectivity index (χ4n) is 0.823. The van der Waals surface area contributed by atoms with Gasteiger partial charge in [-0.2, -0.15) is 0 Å². The van der Waals surface area contributed by atoms with Gasteiger partial charge in [0, 0.05) is 6.42 Å². The van der Waals surface area contributed by atoms with Crippen LogP contribution in [0.4, 0.5) is 0 Å². The number of Topliss-reactive ketones (excluding diaryl/α,β-unsaturated/α-hetero) is 1. The minimum absolute atomic E-state index is 0.145. The third-order valence-corrected chi connectivity index (χ3v) is 1.77. The molecule has 1 N–H and O–H groups in total. The highest BCUT2D eigenvalue weighted by Gasteiger charge is 2.27. The van der Waals surface area contributed by atoms with E-state index in [2.05, 4.69) is 4.74 Å². The van der Waals surface area contributed by atoms with E-state index in [1.165, 1.54) is 14.0 Å². The summed E-state index contributed by atoms with van der Waals surface area (Å²) in [6.45, 7) is 3.19. The Hall–Kier alpha value is -0.900. The van der Waals surface area contributed by atoms with Crippen molar-refractivity contribution in [1.29, 1.82) is 0 Å². The summed E-state index contributed by atoms with van der Waals surface area (Å²) in [7, 11) is 1.18. The number of esters is 1. The van der Waals surface area contributed by atoms with Crippen molar-refractivity contribution in [3.63, 3.8) is 0 Å². The monoisotopic (exact) mass is 174 g/mol. The molecule has 0 saturated carbocycles. The van der Waals surface area contributed by atoms with Gasteiger partial charge < -0.3 is 9.84 Å². The van der Waals surface area contributed by atoms with Gasteiger partial charge in [0.25, 0.3) is 0 Å². The Morgan fingerprint density at radius 1 is 1.50 bits per heavy atom. The normalized spacial score (nSPS) is 15.0. The van der Waals surface area contributed by atoms with Gasteiger partial charge in [-0.3, -0.25) is 4.79 Å². The number of carbonyl (C=O) groups is 2. The van der Waals surface area contributed by atoms with Crippen molar-refractivity contribution in [3.8, 4) is 0 Å². The summed E-state index contributed by atoms with van der Waals surface area (Å²) in [4.78, 5) is 21.8. The van der Waals surface area contributed by atoms with Gasteiger partial charge in [0.2, 0.25) is 0 Å². The third kappa shape index (κ3) is 2.62. The highest BCUT2D eigenvalue weighted by molar-refractivity contribution is 5.87. The fourth-order valence-corrected chi connectivity index (χ4v) is 0.823. The van der Waals surface area contributed by atoms with Gasteiger partial charge in [0.1, 0.15) is 5.78 Å². The zero-order chi connectivity index (χ0) is 9.72. The summed E-state index contributed by atoms with van der Waals surface area (Å²) >= 11 is 0. The Labute approximate surface area is 71.5 Å². The van der Waals surface area contributed by atoms with Crippen LogP contribution in [0.25, 0.3) is 0 Å². The Kier molecular flexibility index (Phi) is 4.51. The Balaban J connectivity index is 4.18. The van der Waals surface area contributed by atoms with Crippen molar-refractivity contribution in [2.75, 3.05) is 7.11 Å². The molecule has 0 amide bonds. The summed E-state index contributed by atoms with van der Waals surface area (Å²) < 4.78 is 4.29. The lowest BCUT2D eigenvalue weighted by atomic mass is 9.98. The molecule has 0 fully saturated rings. The molecule has 0 aliphatic carbocycles. The van der Waals surface area contributed by atoms with E-state index < -0.39 is 18.0 Å². The number of rotatable bonds is 4. The molecule has 0 bridgehead atoms. The molecule has 0 rings (SSSR count). The van der Waals surface area contributed by atoms with Crippen molar-refractivity contribution in [3.05, 3.63) is 0 Å². The first-order chi connectivity index (χ1) is 5.54. The summed E-state index contributed by atoms with van der Waals surface area (Å²) in [5.41, 5.74) is 0. The van der Waals surface area contributed by atoms with E-state index in [0.717, 1.165) is 0 Å². The highest BCUT2D eigenvalue weighted by atomic mass is 16.5.